The van der Waals surface area contributed by atoms with Gasteiger partial charge in [0.1, 0.15) is 5.82 Å². The molecule has 0 aliphatic carbocycles. The molecule has 0 radical (unpaired) electrons. The molecule has 3 rings (SSSR count). The first-order valence-electron chi connectivity index (χ1n) is 7.85. The van der Waals surface area contributed by atoms with Crippen molar-refractivity contribution in [2.45, 2.75) is 11.8 Å². The Kier molecular flexibility index (Phi) is 5.75. The van der Waals surface area contributed by atoms with E-state index in [2.05, 4.69) is 11.9 Å². The summed E-state index contributed by atoms with van der Waals surface area (Å²) in [6, 6.07) is 18.4. The van der Waals surface area contributed by atoms with E-state index in [1.54, 1.807) is 24.5 Å². The summed E-state index contributed by atoms with van der Waals surface area (Å²) in [6.07, 6.45) is 5.48. The van der Waals surface area contributed by atoms with Crippen LogP contribution in [0.4, 0.5) is 10.1 Å². The summed E-state index contributed by atoms with van der Waals surface area (Å²) in [4.78, 5) is 9.88. The molecule has 0 saturated heterocycles. The first kappa shape index (κ1) is 17.1. The van der Waals surface area contributed by atoms with E-state index < -0.39 is 0 Å². The van der Waals surface area contributed by atoms with Gasteiger partial charge >= 0.3 is 0 Å². The molecule has 0 spiro atoms. The predicted molar refractivity (Wildman–Crippen MR) is 103 cm³/mol. The van der Waals surface area contributed by atoms with Crippen LogP contribution in [0.25, 0.3) is 0 Å². The van der Waals surface area contributed by atoms with Gasteiger partial charge in [0.25, 0.3) is 0 Å². The number of aryl methyl sites for hydroxylation is 1. The number of rotatable bonds is 5. The molecule has 0 bridgehead atoms. The molecule has 0 N–H and O–H groups in total. The Morgan fingerprint density at radius 1 is 1.04 bits per heavy atom. The smallest absolute Gasteiger partial charge is 0.123 e. The molecule has 25 heavy (non-hydrogen) atoms. The van der Waals surface area contributed by atoms with Crippen LogP contribution >= 0.6 is 11.8 Å². The van der Waals surface area contributed by atoms with Crippen molar-refractivity contribution in [3.63, 3.8) is 0 Å². The molecule has 0 unspecified atom stereocenters. The average molecular weight is 348 g/mol. The average Bonchev–Trinajstić information content (AvgIpc) is 2.65. The molecule has 0 amide bonds. The van der Waals surface area contributed by atoms with Crippen molar-refractivity contribution in [1.82, 2.24) is 4.98 Å². The molecule has 0 fully saturated rings. The second kappa shape index (κ2) is 8.40. The molecule has 2 aromatic carbocycles. The summed E-state index contributed by atoms with van der Waals surface area (Å²) in [6.45, 7) is 2.05. The zero-order valence-corrected chi connectivity index (χ0v) is 14.6. The number of hydrogen-bond acceptors (Lipinski definition) is 3. The van der Waals surface area contributed by atoms with Gasteiger partial charge in [-0.1, -0.05) is 29.5 Å². The number of halogens is 1. The van der Waals surface area contributed by atoms with E-state index in [0.29, 0.717) is 0 Å². The molecular weight excluding hydrogens is 331 g/mol. The van der Waals surface area contributed by atoms with Crippen molar-refractivity contribution in [1.29, 1.82) is 0 Å². The van der Waals surface area contributed by atoms with Gasteiger partial charge in [0.05, 0.1) is 11.4 Å². The zero-order chi connectivity index (χ0) is 17.5. The monoisotopic (exact) mass is 348 g/mol. The molecule has 2 nitrogen and oxygen atoms in total. The van der Waals surface area contributed by atoms with Gasteiger partial charge in [0.15, 0.2) is 0 Å². The normalized spacial score (nSPS) is 11.8. The fourth-order valence-corrected chi connectivity index (χ4v) is 2.81. The van der Waals surface area contributed by atoms with Crippen molar-refractivity contribution in [2.75, 3.05) is 0 Å². The molecule has 1 aromatic heterocycles. The molecular formula is C21H17FN2S. The summed E-state index contributed by atoms with van der Waals surface area (Å²) in [7, 11) is 0. The summed E-state index contributed by atoms with van der Waals surface area (Å²) in [5, 5.41) is 1.95. The van der Waals surface area contributed by atoms with Gasteiger partial charge in [-0.3, -0.25) is 4.98 Å². The third-order valence-electron chi connectivity index (χ3n) is 3.48. The SMILES string of the molecule is Cc1ccc(N=C(C=CSc2ccc(F)cc2)c2cccnc2)cc1. The number of hydrogen-bond donors (Lipinski definition) is 0. The first-order valence-corrected chi connectivity index (χ1v) is 8.73. The largest absolute Gasteiger partial charge is 0.264 e. The second-order valence-electron chi connectivity index (χ2n) is 5.45. The lowest BCUT2D eigenvalue weighted by Crippen LogP contribution is -1.96. The highest BCUT2D eigenvalue weighted by molar-refractivity contribution is 8.02. The zero-order valence-electron chi connectivity index (χ0n) is 13.8. The van der Waals surface area contributed by atoms with Crippen molar-refractivity contribution in [2.24, 2.45) is 4.99 Å². The van der Waals surface area contributed by atoms with Crippen LogP contribution in [-0.4, -0.2) is 10.7 Å². The van der Waals surface area contributed by atoms with Gasteiger partial charge in [-0.25, -0.2) is 9.38 Å². The third kappa shape index (κ3) is 5.13. The van der Waals surface area contributed by atoms with E-state index in [1.807, 2.05) is 47.9 Å². The van der Waals surface area contributed by atoms with E-state index in [0.717, 1.165) is 21.9 Å². The van der Waals surface area contributed by atoms with Crippen LogP contribution in [0.5, 0.6) is 0 Å². The van der Waals surface area contributed by atoms with Crippen molar-refractivity contribution < 1.29 is 4.39 Å². The molecule has 0 atom stereocenters. The molecule has 0 saturated carbocycles. The van der Waals surface area contributed by atoms with Gasteiger partial charge in [-0.2, -0.15) is 0 Å². The Balaban J connectivity index is 1.85. The van der Waals surface area contributed by atoms with Gasteiger partial charge < -0.3 is 0 Å². The van der Waals surface area contributed by atoms with E-state index in [1.165, 1.54) is 29.5 Å². The molecule has 4 heteroatoms. The highest BCUT2D eigenvalue weighted by atomic mass is 32.2. The minimum atomic E-state index is -0.231. The van der Waals surface area contributed by atoms with Gasteiger partial charge in [0.2, 0.25) is 0 Å². The van der Waals surface area contributed by atoms with E-state index in [4.69, 9.17) is 4.99 Å². The first-order chi connectivity index (χ1) is 12.2. The molecule has 1 heterocycles. The fraction of sp³-hybridized carbons (Fsp3) is 0.0476. The van der Waals surface area contributed by atoms with E-state index in [-0.39, 0.29) is 5.82 Å². The van der Waals surface area contributed by atoms with Crippen molar-refractivity contribution in [3.05, 3.63) is 101 Å². The van der Waals surface area contributed by atoms with Gasteiger partial charge in [-0.15, -0.1) is 0 Å². The lowest BCUT2D eigenvalue weighted by molar-refractivity contribution is 0.626. The molecule has 0 aliphatic rings. The predicted octanol–water partition coefficient (Wildman–Crippen LogP) is 5.96. The number of thioether (sulfide) groups is 1. The quantitative estimate of drug-likeness (QED) is 0.420. The van der Waals surface area contributed by atoms with Crippen LogP contribution in [0.2, 0.25) is 0 Å². The number of benzene rings is 2. The summed E-state index contributed by atoms with van der Waals surface area (Å²) in [5.41, 5.74) is 3.86. The summed E-state index contributed by atoms with van der Waals surface area (Å²) in [5.74, 6) is -0.231. The maximum absolute atomic E-state index is 13.0. The van der Waals surface area contributed by atoms with Gasteiger partial charge in [0, 0.05) is 22.9 Å². The number of aliphatic imine (C=N–C) groups is 1. The van der Waals surface area contributed by atoms with Crippen LogP contribution in [0, 0.1) is 12.7 Å². The highest BCUT2D eigenvalue weighted by Gasteiger charge is 2.01. The Labute approximate surface area is 151 Å². The molecule has 124 valence electrons. The number of aromatic nitrogens is 1. The third-order valence-corrected chi connectivity index (χ3v) is 4.30. The molecule has 0 aliphatic heterocycles. The highest BCUT2D eigenvalue weighted by Crippen LogP contribution is 2.21. The van der Waals surface area contributed by atoms with Crippen molar-refractivity contribution >= 4 is 23.2 Å². The Morgan fingerprint density at radius 3 is 2.48 bits per heavy atom. The lowest BCUT2D eigenvalue weighted by Gasteiger charge is -2.03. The Morgan fingerprint density at radius 2 is 1.80 bits per heavy atom. The standard InChI is InChI=1S/C21H17FN2S/c1-16-4-8-19(9-5-16)24-21(17-3-2-13-23-15-17)12-14-25-20-10-6-18(22)7-11-20/h2-15H,1H3. The van der Waals surface area contributed by atoms with Crippen LogP contribution < -0.4 is 0 Å². The fourth-order valence-electron chi connectivity index (χ4n) is 2.16. The van der Waals surface area contributed by atoms with Gasteiger partial charge in [-0.05, 0) is 66.9 Å². The van der Waals surface area contributed by atoms with E-state index >= 15 is 0 Å². The van der Waals surface area contributed by atoms with E-state index in [9.17, 15) is 4.39 Å². The minimum absolute atomic E-state index is 0.231. The Bertz CT molecular complexity index is 870. The number of nitrogens with zero attached hydrogens (tertiary/aromatic N) is 2. The Hall–Kier alpha value is -2.72. The van der Waals surface area contributed by atoms with Crippen LogP contribution in [-0.2, 0) is 0 Å². The van der Waals surface area contributed by atoms with Crippen LogP contribution in [0.15, 0.2) is 94.4 Å². The number of pyridine rings is 1. The lowest BCUT2D eigenvalue weighted by atomic mass is 10.1. The summed E-state index contributed by atoms with van der Waals surface area (Å²) >= 11 is 1.52. The molecule has 3 aromatic rings. The summed E-state index contributed by atoms with van der Waals surface area (Å²) < 4.78 is 13.0. The van der Waals surface area contributed by atoms with Crippen molar-refractivity contribution in [3.8, 4) is 0 Å². The topological polar surface area (TPSA) is 25.2 Å². The minimum Gasteiger partial charge on any atom is -0.264 e. The maximum atomic E-state index is 13.0. The number of allylic oxidation sites excluding steroid dienone is 1. The van der Waals surface area contributed by atoms with Crippen LogP contribution in [0.3, 0.4) is 0 Å². The maximum Gasteiger partial charge on any atom is 0.123 e. The second-order valence-corrected chi connectivity index (χ2v) is 6.43. The van der Waals surface area contributed by atoms with Crippen LogP contribution in [0.1, 0.15) is 11.1 Å².